The average Bonchev–Trinajstić information content (AvgIpc) is 3.00. The van der Waals surface area contributed by atoms with Crippen molar-refractivity contribution in [1.29, 1.82) is 0 Å². The summed E-state index contributed by atoms with van der Waals surface area (Å²) in [5, 5.41) is -0.429. The maximum Gasteiger partial charge on any atom is 0.293 e. The molecule has 0 saturated carbocycles. The Kier molecular flexibility index (Phi) is 7.52. The van der Waals surface area contributed by atoms with Crippen LogP contribution in [0.2, 0.25) is 0 Å². The zero-order chi connectivity index (χ0) is 22.4. The molecule has 1 fully saturated rings. The lowest BCUT2D eigenvalue weighted by molar-refractivity contribution is -0.123. The second-order valence-corrected chi connectivity index (χ2v) is 7.72. The first-order chi connectivity index (χ1) is 15.0. The van der Waals surface area contributed by atoms with Gasteiger partial charge in [-0.3, -0.25) is 14.5 Å². The van der Waals surface area contributed by atoms with Crippen molar-refractivity contribution in [3.8, 4) is 11.5 Å². The van der Waals surface area contributed by atoms with E-state index in [0.29, 0.717) is 42.3 Å². The molecule has 0 bridgehead atoms. The molecule has 31 heavy (non-hydrogen) atoms. The topological polar surface area (TPSA) is 55.8 Å². The van der Waals surface area contributed by atoms with Gasteiger partial charge in [0.2, 0.25) is 0 Å². The molecule has 7 heteroatoms. The summed E-state index contributed by atoms with van der Waals surface area (Å²) < 4.78 is 25.5. The lowest BCUT2D eigenvalue weighted by Gasteiger charge is -2.16. The number of hydrogen-bond donors (Lipinski definition) is 0. The molecule has 5 nitrogen and oxygen atoms in total. The number of amides is 2. The standard InChI is InChI=1S/C24H24FNO4S/c1-4-9-17-12-16(13-20(29-5-2)22(17)30-6-3)14-21-23(27)26(24(28)31-21)15-18-10-7-8-11-19(18)25/h4,7-8,10-14H,1,5-6,9,15H2,2-3H3/b21-14-. The molecule has 2 amide bonds. The molecule has 1 aliphatic rings. The highest BCUT2D eigenvalue weighted by Crippen LogP contribution is 2.37. The molecule has 0 spiro atoms. The van der Waals surface area contributed by atoms with Crippen molar-refractivity contribution in [3.63, 3.8) is 0 Å². The first-order valence-corrected chi connectivity index (χ1v) is 10.8. The number of thioether (sulfide) groups is 1. The van der Waals surface area contributed by atoms with E-state index in [1.165, 1.54) is 6.07 Å². The van der Waals surface area contributed by atoms with E-state index in [2.05, 4.69) is 6.58 Å². The Balaban J connectivity index is 1.93. The molecule has 0 aliphatic carbocycles. The van der Waals surface area contributed by atoms with E-state index >= 15 is 0 Å². The quantitative estimate of drug-likeness (QED) is 0.375. The Labute approximate surface area is 185 Å². The van der Waals surface area contributed by atoms with Crippen molar-refractivity contribution in [2.75, 3.05) is 13.2 Å². The van der Waals surface area contributed by atoms with E-state index < -0.39 is 17.0 Å². The maximum atomic E-state index is 14.0. The van der Waals surface area contributed by atoms with Crippen LogP contribution < -0.4 is 9.47 Å². The van der Waals surface area contributed by atoms with E-state index in [0.717, 1.165) is 22.2 Å². The number of carbonyl (C=O) groups is 2. The zero-order valence-corrected chi connectivity index (χ0v) is 18.3. The third kappa shape index (κ3) is 5.17. The predicted octanol–water partition coefficient (Wildman–Crippen LogP) is 5.59. The molecule has 0 aromatic heterocycles. The summed E-state index contributed by atoms with van der Waals surface area (Å²) in [6, 6.07) is 9.77. The summed E-state index contributed by atoms with van der Waals surface area (Å²) in [5.41, 5.74) is 1.87. The molecule has 1 aliphatic heterocycles. The Morgan fingerprint density at radius 3 is 2.52 bits per heavy atom. The highest BCUT2D eigenvalue weighted by atomic mass is 32.2. The zero-order valence-electron chi connectivity index (χ0n) is 17.5. The van der Waals surface area contributed by atoms with Crippen molar-refractivity contribution < 1.29 is 23.5 Å². The Morgan fingerprint density at radius 1 is 1.10 bits per heavy atom. The van der Waals surface area contributed by atoms with Gasteiger partial charge in [0.15, 0.2) is 11.5 Å². The summed E-state index contributed by atoms with van der Waals surface area (Å²) in [6.07, 6.45) is 3.97. The van der Waals surface area contributed by atoms with Gasteiger partial charge in [-0.2, -0.15) is 0 Å². The average molecular weight is 442 g/mol. The van der Waals surface area contributed by atoms with Crippen LogP contribution >= 0.6 is 11.8 Å². The van der Waals surface area contributed by atoms with Gasteiger partial charge in [0.1, 0.15) is 5.82 Å². The van der Waals surface area contributed by atoms with Gasteiger partial charge >= 0.3 is 0 Å². The number of ether oxygens (including phenoxy) is 2. The van der Waals surface area contributed by atoms with Crippen LogP contribution in [0, 0.1) is 5.82 Å². The van der Waals surface area contributed by atoms with Gasteiger partial charge in [0.05, 0.1) is 24.7 Å². The van der Waals surface area contributed by atoms with Crippen LogP contribution in [-0.2, 0) is 17.8 Å². The molecule has 1 saturated heterocycles. The molecule has 2 aromatic rings. The molecule has 162 valence electrons. The number of nitrogens with zero attached hydrogens (tertiary/aromatic N) is 1. The Hall–Kier alpha value is -3.06. The number of imide groups is 1. The molecule has 2 aromatic carbocycles. The molecule has 0 unspecified atom stereocenters. The van der Waals surface area contributed by atoms with Gasteiger partial charge in [0, 0.05) is 11.1 Å². The summed E-state index contributed by atoms with van der Waals surface area (Å²) in [7, 11) is 0. The van der Waals surface area contributed by atoms with Gasteiger partial charge in [0.25, 0.3) is 11.1 Å². The minimum Gasteiger partial charge on any atom is -0.490 e. The lowest BCUT2D eigenvalue weighted by Crippen LogP contribution is -2.27. The third-order valence-corrected chi connectivity index (χ3v) is 5.47. The Bertz CT molecular complexity index is 1030. The van der Waals surface area contributed by atoms with Crippen molar-refractivity contribution in [2.24, 2.45) is 0 Å². The number of benzene rings is 2. The van der Waals surface area contributed by atoms with Crippen molar-refractivity contribution in [2.45, 2.75) is 26.8 Å². The molecule has 0 atom stereocenters. The van der Waals surface area contributed by atoms with E-state index in [4.69, 9.17) is 9.47 Å². The van der Waals surface area contributed by atoms with Gasteiger partial charge in [-0.25, -0.2) is 4.39 Å². The van der Waals surface area contributed by atoms with E-state index in [1.807, 2.05) is 19.9 Å². The minimum atomic E-state index is -0.451. The van der Waals surface area contributed by atoms with E-state index in [9.17, 15) is 14.0 Å². The van der Waals surface area contributed by atoms with Crippen LogP contribution in [0.3, 0.4) is 0 Å². The maximum absolute atomic E-state index is 14.0. The minimum absolute atomic E-state index is 0.107. The molecule has 0 radical (unpaired) electrons. The van der Waals surface area contributed by atoms with Crippen LogP contribution in [0.25, 0.3) is 6.08 Å². The number of allylic oxidation sites excluding steroid dienone is 1. The van der Waals surface area contributed by atoms with Gasteiger partial charge < -0.3 is 9.47 Å². The smallest absolute Gasteiger partial charge is 0.293 e. The van der Waals surface area contributed by atoms with Crippen LogP contribution in [-0.4, -0.2) is 29.3 Å². The summed E-state index contributed by atoms with van der Waals surface area (Å²) in [4.78, 5) is 26.6. The Morgan fingerprint density at radius 2 is 1.84 bits per heavy atom. The third-order valence-electron chi connectivity index (χ3n) is 4.56. The van der Waals surface area contributed by atoms with Crippen molar-refractivity contribution >= 4 is 29.0 Å². The normalized spacial score (nSPS) is 14.9. The van der Waals surface area contributed by atoms with Crippen LogP contribution in [0.5, 0.6) is 11.5 Å². The predicted molar refractivity (Wildman–Crippen MR) is 121 cm³/mol. The largest absolute Gasteiger partial charge is 0.490 e. The van der Waals surface area contributed by atoms with Crippen LogP contribution in [0.1, 0.15) is 30.5 Å². The van der Waals surface area contributed by atoms with Crippen LogP contribution in [0.4, 0.5) is 9.18 Å². The van der Waals surface area contributed by atoms with Gasteiger partial charge in [-0.15, -0.1) is 6.58 Å². The number of hydrogen-bond acceptors (Lipinski definition) is 5. The molecule has 1 heterocycles. The van der Waals surface area contributed by atoms with Gasteiger partial charge in [-0.1, -0.05) is 24.3 Å². The van der Waals surface area contributed by atoms with E-state index in [-0.39, 0.29) is 11.4 Å². The van der Waals surface area contributed by atoms with Crippen LogP contribution in [0.15, 0.2) is 54.0 Å². The fourth-order valence-corrected chi connectivity index (χ4v) is 4.07. The molecule has 0 N–H and O–H groups in total. The molecular formula is C24H24FNO4S. The summed E-state index contributed by atoms with van der Waals surface area (Å²) in [5.74, 6) is 0.317. The fourth-order valence-electron chi connectivity index (χ4n) is 3.23. The van der Waals surface area contributed by atoms with E-state index in [1.54, 1.807) is 36.4 Å². The SMILES string of the molecule is C=CCc1cc(/C=C2\SC(=O)N(Cc3ccccc3F)C2=O)cc(OCC)c1OCC. The fraction of sp³-hybridized carbons (Fsp3) is 0.250. The number of carbonyl (C=O) groups excluding carboxylic acids is 2. The molecular weight excluding hydrogens is 417 g/mol. The number of rotatable bonds is 9. The first-order valence-electron chi connectivity index (χ1n) is 10.0. The van der Waals surface area contributed by atoms with Gasteiger partial charge in [-0.05, 0) is 61.9 Å². The first kappa shape index (κ1) is 22.6. The second kappa shape index (κ2) is 10.3. The highest BCUT2D eigenvalue weighted by molar-refractivity contribution is 8.18. The monoisotopic (exact) mass is 441 g/mol. The molecule has 3 rings (SSSR count). The summed E-state index contributed by atoms with van der Waals surface area (Å²) >= 11 is 0.838. The van der Waals surface area contributed by atoms with Crippen molar-refractivity contribution in [1.82, 2.24) is 4.90 Å². The number of halogens is 1. The highest BCUT2D eigenvalue weighted by Gasteiger charge is 2.35. The second-order valence-electron chi connectivity index (χ2n) is 6.73. The lowest BCUT2D eigenvalue weighted by atomic mass is 10.0. The van der Waals surface area contributed by atoms with Crippen molar-refractivity contribution in [3.05, 3.63) is 76.5 Å². The summed E-state index contributed by atoms with van der Waals surface area (Å²) in [6.45, 7) is 8.40.